The Bertz CT molecular complexity index is 901. The lowest BCUT2D eigenvalue weighted by molar-refractivity contribution is -0.137. The molecule has 5 nitrogen and oxygen atoms in total. The second-order valence-electron chi connectivity index (χ2n) is 5.40. The molecule has 136 valence electrons. The van der Waals surface area contributed by atoms with Crippen molar-refractivity contribution in [1.29, 1.82) is 0 Å². The minimum Gasteiger partial charge on any atom is -0.455 e. The molecule has 0 saturated carbocycles. The molecule has 0 aliphatic carbocycles. The van der Waals surface area contributed by atoms with Gasteiger partial charge in [0.1, 0.15) is 5.76 Å². The lowest BCUT2D eigenvalue weighted by Crippen LogP contribution is -2.11. The number of alkyl halides is 3. The number of carbonyl (C=O) groups excluding carboxylic acids is 1. The maximum Gasteiger partial charge on any atom is 0.416 e. The topological polar surface area (TPSA) is 60.1 Å². The molecule has 0 fully saturated rings. The zero-order valence-corrected chi connectivity index (χ0v) is 14.4. The van der Waals surface area contributed by atoms with Gasteiger partial charge in [0.05, 0.1) is 11.3 Å². The van der Waals surface area contributed by atoms with Crippen LogP contribution in [0.25, 0.3) is 0 Å². The highest BCUT2D eigenvalue weighted by molar-refractivity contribution is 7.98. The Balaban J connectivity index is 1.60. The van der Waals surface area contributed by atoms with Crippen molar-refractivity contribution in [2.24, 2.45) is 7.05 Å². The van der Waals surface area contributed by atoms with Gasteiger partial charge in [0.2, 0.25) is 0 Å². The first-order chi connectivity index (χ1) is 12.3. The van der Waals surface area contributed by atoms with E-state index in [9.17, 15) is 18.0 Å². The molecular weight excluding hydrogens is 367 g/mol. The van der Waals surface area contributed by atoms with Crippen molar-refractivity contribution >= 4 is 23.4 Å². The van der Waals surface area contributed by atoms with Crippen LogP contribution in [0.15, 0.2) is 58.4 Å². The highest BCUT2D eigenvalue weighted by atomic mass is 32.2. The molecule has 0 aliphatic rings. The van der Waals surface area contributed by atoms with E-state index in [4.69, 9.17) is 4.42 Å². The van der Waals surface area contributed by atoms with Crippen LogP contribution in [0.3, 0.4) is 0 Å². The lowest BCUT2D eigenvalue weighted by Gasteiger charge is -2.08. The molecule has 0 bridgehead atoms. The average molecular weight is 381 g/mol. The van der Waals surface area contributed by atoms with Crippen LogP contribution in [0.5, 0.6) is 0 Å². The number of thioether (sulfide) groups is 1. The predicted molar refractivity (Wildman–Crippen MR) is 90.9 cm³/mol. The van der Waals surface area contributed by atoms with Gasteiger partial charge in [-0.25, -0.2) is 4.98 Å². The number of aryl methyl sites for hydroxylation is 1. The first-order valence-electron chi connectivity index (χ1n) is 7.50. The van der Waals surface area contributed by atoms with Gasteiger partial charge in [-0.05, 0) is 36.4 Å². The maximum absolute atomic E-state index is 12.5. The molecule has 9 heteroatoms. The predicted octanol–water partition coefficient (Wildman–Crippen LogP) is 4.58. The molecule has 2 heterocycles. The molecule has 26 heavy (non-hydrogen) atoms. The van der Waals surface area contributed by atoms with Crippen LogP contribution < -0.4 is 5.32 Å². The molecule has 1 aromatic carbocycles. The third kappa shape index (κ3) is 4.29. The van der Waals surface area contributed by atoms with Gasteiger partial charge in [0.25, 0.3) is 5.91 Å². The number of anilines is 1. The van der Waals surface area contributed by atoms with Crippen molar-refractivity contribution in [1.82, 2.24) is 9.55 Å². The number of imidazole rings is 1. The number of hydrogen-bond donors (Lipinski definition) is 1. The van der Waals surface area contributed by atoms with Crippen LogP contribution in [-0.2, 0) is 19.0 Å². The molecule has 0 radical (unpaired) electrons. The summed E-state index contributed by atoms with van der Waals surface area (Å²) in [7, 11) is 1.88. The SMILES string of the molecule is Cn1ccnc1SCc1ccc(C(=O)Nc2ccc(C(F)(F)F)cc2)o1. The van der Waals surface area contributed by atoms with E-state index in [0.717, 1.165) is 17.3 Å². The van der Waals surface area contributed by atoms with Gasteiger partial charge in [-0.3, -0.25) is 4.79 Å². The van der Waals surface area contributed by atoms with E-state index in [1.165, 1.54) is 30.0 Å². The van der Waals surface area contributed by atoms with Crippen LogP contribution >= 0.6 is 11.8 Å². The molecule has 1 N–H and O–H groups in total. The van der Waals surface area contributed by atoms with Gasteiger partial charge in [-0.1, -0.05) is 11.8 Å². The first kappa shape index (κ1) is 18.1. The van der Waals surface area contributed by atoms with E-state index in [0.29, 0.717) is 11.5 Å². The number of furan rings is 1. The second kappa shape index (κ2) is 7.28. The fourth-order valence-corrected chi connectivity index (χ4v) is 2.97. The summed E-state index contributed by atoms with van der Waals surface area (Å²) in [6, 6.07) is 7.41. The summed E-state index contributed by atoms with van der Waals surface area (Å²) >= 11 is 1.46. The third-order valence-electron chi connectivity index (χ3n) is 3.48. The Morgan fingerprint density at radius 3 is 2.58 bits per heavy atom. The smallest absolute Gasteiger partial charge is 0.416 e. The summed E-state index contributed by atoms with van der Waals surface area (Å²) in [4.78, 5) is 16.3. The van der Waals surface area contributed by atoms with Gasteiger partial charge in [0.15, 0.2) is 10.9 Å². The van der Waals surface area contributed by atoms with E-state index in [-0.39, 0.29) is 11.4 Å². The van der Waals surface area contributed by atoms with Crippen molar-refractivity contribution in [2.75, 3.05) is 5.32 Å². The number of aromatic nitrogens is 2. The highest BCUT2D eigenvalue weighted by Gasteiger charge is 2.30. The van der Waals surface area contributed by atoms with E-state index in [2.05, 4.69) is 10.3 Å². The van der Waals surface area contributed by atoms with Gasteiger partial charge < -0.3 is 14.3 Å². The number of benzene rings is 1. The number of nitrogens with zero attached hydrogens (tertiary/aromatic N) is 2. The summed E-state index contributed by atoms with van der Waals surface area (Å²) in [5.41, 5.74) is -0.523. The van der Waals surface area contributed by atoms with Crippen LogP contribution in [0.2, 0.25) is 0 Å². The number of rotatable bonds is 5. The fraction of sp³-hybridized carbons (Fsp3) is 0.176. The summed E-state index contributed by atoms with van der Waals surface area (Å²) < 4.78 is 45.0. The largest absolute Gasteiger partial charge is 0.455 e. The Morgan fingerprint density at radius 2 is 1.96 bits per heavy atom. The third-order valence-corrected chi connectivity index (χ3v) is 4.56. The van der Waals surface area contributed by atoms with Gasteiger partial charge in [-0.15, -0.1) is 0 Å². The zero-order valence-electron chi connectivity index (χ0n) is 13.6. The Morgan fingerprint density at radius 1 is 1.23 bits per heavy atom. The quantitative estimate of drug-likeness (QED) is 0.658. The molecule has 0 unspecified atom stereocenters. The Hall–Kier alpha value is -2.68. The molecule has 0 aliphatic heterocycles. The van der Waals surface area contributed by atoms with Crippen molar-refractivity contribution < 1.29 is 22.4 Å². The molecule has 3 aromatic rings. The van der Waals surface area contributed by atoms with Gasteiger partial charge >= 0.3 is 6.18 Å². The van der Waals surface area contributed by atoms with Crippen molar-refractivity contribution in [3.8, 4) is 0 Å². The number of halogens is 3. The van der Waals surface area contributed by atoms with Crippen molar-refractivity contribution in [3.63, 3.8) is 0 Å². The molecule has 0 atom stereocenters. The van der Waals surface area contributed by atoms with Crippen LogP contribution in [0, 0.1) is 0 Å². The highest BCUT2D eigenvalue weighted by Crippen LogP contribution is 2.30. The molecule has 0 saturated heterocycles. The molecule has 3 rings (SSSR count). The second-order valence-corrected chi connectivity index (χ2v) is 6.35. The van der Waals surface area contributed by atoms with Gasteiger partial charge in [-0.2, -0.15) is 13.2 Å². The number of amides is 1. The standard InChI is InChI=1S/C17H14F3N3O2S/c1-23-9-8-21-16(23)26-10-13-6-7-14(25-13)15(24)22-12-4-2-11(3-5-12)17(18,19)20/h2-9H,10H2,1H3,(H,22,24). The fourth-order valence-electron chi connectivity index (χ4n) is 2.14. The summed E-state index contributed by atoms with van der Waals surface area (Å²) in [5, 5.41) is 3.32. The molecule has 1 amide bonds. The van der Waals surface area contributed by atoms with E-state index >= 15 is 0 Å². The van der Waals surface area contributed by atoms with E-state index in [1.54, 1.807) is 12.3 Å². The van der Waals surface area contributed by atoms with Crippen LogP contribution in [0.4, 0.5) is 18.9 Å². The monoisotopic (exact) mass is 381 g/mol. The summed E-state index contributed by atoms with van der Waals surface area (Å²) in [5.74, 6) is 0.646. The number of carbonyl (C=O) groups is 1. The first-order valence-corrected chi connectivity index (χ1v) is 8.49. The molecule has 0 spiro atoms. The Labute approximate surface area is 151 Å². The van der Waals surface area contributed by atoms with Crippen LogP contribution in [0.1, 0.15) is 21.9 Å². The van der Waals surface area contributed by atoms with Crippen LogP contribution in [-0.4, -0.2) is 15.5 Å². The number of nitrogens with one attached hydrogen (secondary N) is 1. The Kier molecular flexibility index (Phi) is 5.08. The van der Waals surface area contributed by atoms with Crippen molar-refractivity contribution in [3.05, 3.63) is 65.9 Å². The maximum atomic E-state index is 12.5. The zero-order chi connectivity index (χ0) is 18.7. The normalized spacial score (nSPS) is 11.5. The minimum atomic E-state index is -4.41. The summed E-state index contributed by atoms with van der Waals surface area (Å²) in [6.07, 6.45) is -0.899. The van der Waals surface area contributed by atoms with E-state index < -0.39 is 17.6 Å². The lowest BCUT2D eigenvalue weighted by atomic mass is 10.2. The summed E-state index contributed by atoms with van der Waals surface area (Å²) in [6.45, 7) is 0. The minimum absolute atomic E-state index is 0.0836. The number of hydrogen-bond acceptors (Lipinski definition) is 4. The van der Waals surface area contributed by atoms with Crippen molar-refractivity contribution in [2.45, 2.75) is 17.1 Å². The average Bonchev–Trinajstić information content (AvgIpc) is 3.21. The van der Waals surface area contributed by atoms with Gasteiger partial charge in [0, 0.05) is 25.1 Å². The molecular formula is C17H14F3N3O2S. The van der Waals surface area contributed by atoms with E-state index in [1.807, 2.05) is 17.8 Å². The molecule has 2 aromatic heterocycles.